The van der Waals surface area contributed by atoms with Gasteiger partial charge in [-0.05, 0) is 22.6 Å². The number of aromatic nitrogens is 4. The first kappa shape index (κ1) is 11.6. The Hall–Kier alpha value is -2.84. The molecule has 0 atom stereocenters. The summed E-state index contributed by atoms with van der Waals surface area (Å²) in [6.07, 6.45) is -0.107. The largest absolute Gasteiger partial charge is 0.369 e. The number of nitro benzene ring substituents is 1. The molecule has 0 aliphatic carbocycles. The second-order valence-corrected chi connectivity index (χ2v) is 3.42. The molecule has 0 saturated heterocycles. The molecule has 1 heterocycles. The molecule has 92 valence electrons. The Bertz CT molecular complexity index is 591. The number of benzene rings is 1. The second-order valence-electron chi connectivity index (χ2n) is 3.42. The minimum absolute atomic E-state index is 0.0386. The average molecular weight is 248 g/mol. The molecular formula is C9H8N6O3. The molecular weight excluding hydrogens is 240 g/mol. The molecule has 0 unspecified atom stereocenters. The lowest BCUT2D eigenvalue weighted by Crippen LogP contribution is -2.17. The summed E-state index contributed by atoms with van der Waals surface area (Å²) in [5, 5.41) is 21.3. The highest BCUT2D eigenvalue weighted by Gasteiger charge is 2.12. The summed E-state index contributed by atoms with van der Waals surface area (Å²) in [5.74, 6) is -0.288. The van der Waals surface area contributed by atoms with Crippen LogP contribution in [-0.4, -0.2) is 31.0 Å². The lowest BCUT2D eigenvalue weighted by molar-refractivity contribution is -0.384. The number of nitrogens with two attached hydrogens (primary N) is 1. The first-order valence-electron chi connectivity index (χ1n) is 4.88. The van der Waals surface area contributed by atoms with Crippen LogP contribution in [0.15, 0.2) is 24.3 Å². The number of carbonyl (C=O) groups excluding carboxylic acids is 1. The van der Waals surface area contributed by atoms with Crippen LogP contribution in [0.5, 0.6) is 0 Å². The van der Waals surface area contributed by atoms with Crippen molar-refractivity contribution < 1.29 is 9.72 Å². The molecule has 9 nitrogen and oxygen atoms in total. The van der Waals surface area contributed by atoms with E-state index < -0.39 is 10.8 Å². The second kappa shape index (κ2) is 4.57. The lowest BCUT2D eigenvalue weighted by Gasteiger charge is -2.02. The Morgan fingerprint density at radius 2 is 2.06 bits per heavy atom. The van der Waals surface area contributed by atoms with Gasteiger partial charge in [-0.15, -0.1) is 5.10 Å². The van der Waals surface area contributed by atoms with E-state index in [0.29, 0.717) is 5.69 Å². The van der Waals surface area contributed by atoms with Gasteiger partial charge in [-0.25, -0.2) is 0 Å². The summed E-state index contributed by atoms with van der Waals surface area (Å²) in [4.78, 5) is 20.8. The molecule has 1 aromatic carbocycles. The van der Waals surface area contributed by atoms with Crippen LogP contribution >= 0.6 is 0 Å². The van der Waals surface area contributed by atoms with Gasteiger partial charge in [-0.1, -0.05) is 0 Å². The monoisotopic (exact) mass is 248 g/mol. The van der Waals surface area contributed by atoms with Gasteiger partial charge in [0.2, 0.25) is 5.91 Å². The van der Waals surface area contributed by atoms with Gasteiger partial charge in [0.1, 0.15) is 0 Å². The predicted octanol–water partition coefficient (Wildman–Crippen LogP) is -0.402. The van der Waals surface area contributed by atoms with E-state index in [0.717, 1.165) is 0 Å². The fourth-order valence-corrected chi connectivity index (χ4v) is 1.39. The van der Waals surface area contributed by atoms with Crippen molar-refractivity contribution in [3.63, 3.8) is 0 Å². The molecule has 9 heteroatoms. The third kappa shape index (κ3) is 2.29. The number of non-ortho nitro benzene ring substituents is 1. The summed E-state index contributed by atoms with van der Waals surface area (Å²) in [5.41, 5.74) is 5.53. The van der Waals surface area contributed by atoms with Crippen LogP contribution < -0.4 is 5.73 Å². The molecule has 0 aliphatic rings. The fraction of sp³-hybridized carbons (Fsp3) is 0.111. The lowest BCUT2D eigenvalue weighted by atomic mass is 10.3. The minimum Gasteiger partial charge on any atom is -0.369 e. The number of tetrazole rings is 1. The van der Waals surface area contributed by atoms with Crippen LogP contribution in [0.3, 0.4) is 0 Å². The third-order valence-corrected chi connectivity index (χ3v) is 2.17. The SMILES string of the molecule is NC(=O)Cc1nnnn1-c1ccc([N+](=O)[O-])cc1. The van der Waals surface area contributed by atoms with E-state index in [1.165, 1.54) is 28.9 Å². The Labute approximate surface area is 100 Å². The fourth-order valence-electron chi connectivity index (χ4n) is 1.39. The van der Waals surface area contributed by atoms with Crippen molar-refractivity contribution >= 4 is 11.6 Å². The van der Waals surface area contributed by atoms with Crippen molar-refractivity contribution in [2.75, 3.05) is 0 Å². The highest BCUT2D eigenvalue weighted by Crippen LogP contribution is 2.15. The maximum Gasteiger partial charge on any atom is 0.269 e. The summed E-state index contributed by atoms with van der Waals surface area (Å²) in [6, 6.07) is 5.62. The van der Waals surface area contributed by atoms with Crippen molar-refractivity contribution in [2.45, 2.75) is 6.42 Å². The first-order valence-corrected chi connectivity index (χ1v) is 4.88. The highest BCUT2D eigenvalue weighted by atomic mass is 16.6. The van der Waals surface area contributed by atoms with Crippen molar-refractivity contribution in [3.8, 4) is 5.69 Å². The van der Waals surface area contributed by atoms with Crippen LogP contribution in [0.4, 0.5) is 5.69 Å². The zero-order valence-corrected chi connectivity index (χ0v) is 9.05. The average Bonchev–Trinajstić information content (AvgIpc) is 2.76. The van der Waals surface area contributed by atoms with Gasteiger partial charge in [-0.2, -0.15) is 4.68 Å². The molecule has 0 spiro atoms. The molecule has 0 aliphatic heterocycles. The zero-order valence-electron chi connectivity index (χ0n) is 9.05. The molecule has 18 heavy (non-hydrogen) atoms. The smallest absolute Gasteiger partial charge is 0.269 e. The van der Waals surface area contributed by atoms with Crippen LogP contribution in [0.2, 0.25) is 0 Å². The number of rotatable bonds is 4. The van der Waals surface area contributed by atoms with E-state index >= 15 is 0 Å². The number of primary amides is 1. The van der Waals surface area contributed by atoms with Gasteiger partial charge in [0.15, 0.2) is 5.82 Å². The van der Waals surface area contributed by atoms with Gasteiger partial charge in [0.05, 0.1) is 17.0 Å². The summed E-state index contributed by atoms with van der Waals surface area (Å²) in [6.45, 7) is 0. The number of amides is 1. The molecule has 1 amide bonds. The van der Waals surface area contributed by atoms with E-state index in [-0.39, 0.29) is 17.9 Å². The Balaban J connectivity index is 2.34. The van der Waals surface area contributed by atoms with Crippen molar-refractivity contribution in [2.24, 2.45) is 5.73 Å². The Morgan fingerprint density at radius 1 is 1.39 bits per heavy atom. The van der Waals surface area contributed by atoms with E-state index in [1.807, 2.05) is 0 Å². The summed E-state index contributed by atoms with van der Waals surface area (Å²) >= 11 is 0. The van der Waals surface area contributed by atoms with Crippen LogP contribution in [0, 0.1) is 10.1 Å². The number of carbonyl (C=O) groups is 1. The summed E-state index contributed by atoms with van der Waals surface area (Å²) < 4.78 is 1.30. The van der Waals surface area contributed by atoms with Gasteiger partial charge < -0.3 is 5.73 Å². The first-order chi connectivity index (χ1) is 8.58. The minimum atomic E-state index is -0.562. The number of hydrogen-bond acceptors (Lipinski definition) is 6. The van der Waals surface area contributed by atoms with Crippen molar-refractivity contribution in [3.05, 3.63) is 40.2 Å². The normalized spacial score (nSPS) is 10.2. The topological polar surface area (TPSA) is 130 Å². The standard InChI is InChI=1S/C9H8N6O3/c10-8(16)5-9-11-12-13-14(9)6-1-3-7(4-2-6)15(17)18/h1-4H,5H2,(H2,10,16). The van der Waals surface area contributed by atoms with E-state index in [9.17, 15) is 14.9 Å². The number of nitro groups is 1. The van der Waals surface area contributed by atoms with Crippen LogP contribution in [0.1, 0.15) is 5.82 Å². The maximum absolute atomic E-state index is 10.8. The molecule has 0 radical (unpaired) electrons. The Kier molecular flexibility index (Phi) is 2.96. The quantitative estimate of drug-likeness (QED) is 0.578. The Morgan fingerprint density at radius 3 is 2.61 bits per heavy atom. The zero-order chi connectivity index (χ0) is 13.1. The van der Waals surface area contributed by atoms with Gasteiger partial charge in [0.25, 0.3) is 5.69 Å². The van der Waals surface area contributed by atoms with Crippen LogP contribution in [0.25, 0.3) is 5.69 Å². The van der Waals surface area contributed by atoms with Gasteiger partial charge >= 0.3 is 0 Å². The molecule has 1 aromatic heterocycles. The molecule has 0 saturated carbocycles. The molecule has 2 aromatic rings. The maximum atomic E-state index is 10.8. The van der Waals surface area contributed by atoms with E-state index in [4.69, 9.17) is 5.73 Å². The molecule has 2 N–H and O–H groups in total. The van der Waals surface area contributed by atoms with Crippen molar-refractivity contribution in [1.82, 2.24) is 20.2 Å². The molecule has 0 fully saturated rings. The van der Waals surface area contributed by atoms with Gasteiger partial charge in [-0.3, -0.25) is 14.9 Å². The van der Waals surface area contributed by atoms with Crippen LogP contribution in [-0.2, 0) is 11.2 Å². The van der Waals surface area contributed by atoms with E-state index in [2.05, 4.69) is 15.5 Å². The van der Waals surface area contributed by atoms with Crippen molar-refractivity contribution in [1.29, 1.82) is 0 Å². The third-order valence-electron chi connectivity index (χ3n) is 2.17. The van der Waals surface area contributed by atoms with Gasteiger partial charge in [0, 0.05) is 12.1 Å². The predicted molar refractivity (Wildman–Crippen MR) is 58.7 cm³/mol. The molecule has 0 bridgehead atoms. The van der Waals surface area contributed by atoms with E-state index in [1.54, 1.807) is 0 Å². The number of hydrogen-bond donors (Lipinski definition) is 1. The summed E-state index contributed by atoms with van der Waals surface area (Å²) in [7, 11) is 0. The highest BCUT2D eigenvalue weighted by molar-refractivity contribution is 5.75. The molecule has 2 rings (SSSR count). The number of nitrogens with zero attached hydrogens (tertiary/aromatic N) is 5.